The Morgan fingerprint density at radius 3 is 1.17 bits per heavy atom. The molecule has 5 nitrogen and oxygen atoms in total. The summed E-state index contributed by atoms with van der Waals surface area (Å²) in [6.45, 7) is 7.47. The molecule has 0 saturated carbocycles. The monoisotopic (exact) mass is 885 g/mol. The van der Waals surface area contributed by atoms with Crippen LogP contribution in [0.3, 0.4) is 0 Å². The van der Waals surface area contributed by atoms with Crippen molar-refractivity contribution in [2.45, 2.75) is 219 Å². The van der Waals surface area contributed by atoms with E-state index in [2.05, 4.69) is 142 Å². The van der Waals surface area contributed by atoms with Crippen molar-refractivity contribution >= 4 is 11.9 Å². The van der Waals surface area contributed by atoms with Gasteiger partial charge in [0.25, 0.3) is 0 Å². The SMILES string of the molecule is CC/C=C\C/C=C\C/C=C\C/C=C\C/C=C\CCCCCCOCC(COC(=O)CCC/C=C\C/C=C\C/C=C\C/C=C\C/C=C\CC)OC(=O)CCCCCCCCCCCCC. The molecule has 5 heteroatoms. The van der Waals surface area contributed by atoms with E-state index in [9.17, 15) is 9.59 Å². The molecular formula is C59H96O5. The first-order chi connectivity index (χ1) is 31.6. The van der Waals surface area contributed by atoms with Crippen molar-refractivity contribution in [1.82, 2.24) is 0 Å². The Hall–Kier alpha value is -3.70. The van der Waals surface area contributed by atoms with E-state index in [0.29, 0.717) is 19.4 Å². The predicted molar refractivity (Wildman–Crippen MR) is 279 cm³/mol. The highest BCUT2D eigenvalue weighted by atomic mass is 16.6. The third-order valence-electron chi connectivity index (χ3n) is 10.5. The van der Waals surface area contributed by atoms with Gasteiger partial charge < -0.3 is 14.2 Å². The fourth-order valence-corrected chi connectivity index (χ4v) is 6.69. The Bertz CT molecular complexity index is 1320. The standard InChI is InChI=1S/C59H96O5/c1-4-7-10-13-16-19-22-24-26-28-29-30-32-34-36-39-42-45-48-51-54-62-55-57(64-59(61)53-50-47-44-41-37-21-18-15-12-9-6-3)56-63-58(60)52-49-46-43-40-38-35-33-31-27-25-23-20-17-14-11-8-5-2/h7-8,10-11,16-17,19-20,24-27,29-30,33-36,40,43,57H,4-6,9,12-15,18,21-23,28,31-32,37-39,41-42,44-56H2,1-3H3/b10-7-,11-8-,19-16-,20-17-,26-24-,27-25-,30-29-,35-33-,36-34-,43-40-. The van der Waals surface area contributed by atoms with Crippen molar-refractivity contribution < 1.29 is 23.8 Å². The fourth-order valence-electron chi connectivity index (χ4n) is 6.69. The molecular weight excluding hydrogens is 789 g/mol. The average molecular weight is 885 g/mol. The van der Waals surface area contributed by atoms with E-state index in [1.54, 1.807) is 0 Å². The highest BCUT2D eigenvalue weighted by Crippen LogP contribution is 2.13. The van der Waals surface area contributed by atoms with Crippen molar-refractivity contribution in [3.05, 3.63) is 122 Å². The summed E-state index contributed by atoms with van der Waals surface area (Å²) in [6.07, 6.45) is 75.0. The summed E-state index contributed by atoms with van der Waals surface area (Å²) < 4.78 is 17.3. The number of hydrogen-bond donors (Lipinski definition) is 0. The van der Waals surface area contributed by atoms with Gasteiger partial charge in [0.1, 0.15) is 6.61 Å². The van der Waals surface area contributed by atoms with Gasteiger partial charge >= 0.3 is 11.9 Å². The van der Waals surface area contributed by atoms with Gasteiger partial charge in [0.15, 0.2) is 6.10 Å². The minimum Gasteiger partial charge on any atom is -0.462 e. The van der Waals surface area contributed by atoms with Crippen molar-refractivity contribution in [3.63, 3.8) is 0 Å². The molecule has 1 unspecified atom stereocenters. The van der Waals surface area contributed by atoms with Crippen LogP contribution in [0.2, 0.25) is 0 Å². The predicted octanol–water partition coefficient (Wildman–Crippen LogP) is 17.8. The molecule has 0 saturated heterocycles. The summed E-state index contributed by atoms with van der Waals surface area (Å²) in [5.41, 5.74) is 0. The molecule has 0 aromatic carbocycles. The van der Waals surface area contributed by atoms with Crippen LogP contribution >= 0.6 is 0 Å². The number of esters is 2. The molecule has 0 spiro atoms. The molecule has 0 aromatic heterocycles. The number of hydrogen-bond acceptors (Lipinski definition) is 5. The van der Waals surface area contributed by atoms with Crippen molar-refractivity contribution in [3.8, 4) is 0 Å². The van der Waals surface area contributed by atoms with E-state index in [1.165, 1.54) is 57.8 Å². The maximum absolute atomic E-state index is 12.8. The van der Waals surface area contributed by atoms with Gasteiger partial charge in [-0.05, 0) is 103 Å². The first-order valence-corrected chi connectivity index (χ1v) is 26.1. The van der Waals surface area contributed by atoms with Crippen LogP contribution in [0.5, 0.6) is 0 Å². The molecule has 1 atom stereocenters. The Labute approximate surface area is 395 Å². The quantitative estimate of drug-likeness (QED) is 0.0346. The van der Waals surface area contributed by atoms with Gasteiger partial charge in [-0.15, -0.1) is 0 Å². The third-order valence-corrected chi connectivity index (χ3v) is 10.5. The molecule has 0 aliphatic carbocycles. The molecule has 64 heavy (non-hydrogen) atoms. The molecule has 0 radical (unpaired) electrons. The van der Waals surface area contributed by atoms with Crippen LogP contribution in [-0.2, 0) is 23.8 Å². The van der Waals surface area contributed by atoms with E-state index in [4.69, 9.17) is 14.2 Å². The molecule has 0 N–H and O–H groups in total. The largest absolute Gasteiger partial charge is 0.462 e. The summed E-state index contributed by atoms with van der Waals surface area (Å²) in [6, 6.07) is 0. The molecule has 0 aromatic rings. The van der Waals surface area contributed by atoms with Gasteiger partial charge in [-0.3, -0.25) is 9.59 Å². The van der Waals surface area contributed by atoms with Crippen molar-refractivity contribution in [2.75, 3.05) is 19.8 Å². The molecule has 0 aliphatic heterocycles. The molecule has 0 amide bonds. The van der Waals surface area contributed by atoms with Gasteiger partial charge in [-0.1, -0.05) is 219 Å². The Morgan fingerprint density at radius 1 is 0.359 bits per heavy atom. The molecule has 0 aliphatic rings. The van der Waals surface area contributed by atoms with E-state index in [0.717, 1.165) is 122 Å². The van der Waals surface area contributed by atoms with Crippen LogP contribution in [0.1, 0.15) is 213 Å². The van der Waals surface area contributed by atoms with Gasteiger partial charge in [-0.2, -0.15) is 0 Å². The maximum Gasteiger partial charge on any atom is 0.306 e. The molecule has 0 bridgehead atoms. The zero-order valence-corrected chi connectivity index (χ0v) is 41.5. The van der Waals surface area contributed by atoms with E-state index in [1.807, 2.05) is 0 Å². The van der Waals surface area contributed by atoms with Crippen LogP contribution < -0.4 is 0 Å². The van der Waals surface area contributed by atoms with Crippen molar-refractivity contribution in [2.24, 2.45) is 0 Å². The summed E-state index contributed by atoms with van der Waals surface area (Å²) >= 11 is 0. The molecule has 0 rings (SSSR count). The lowest BCUT2D eigenvalue weighted by Crippen LogP contribution is -2.30. The second-order valence-corrected chi connectivity index (χ2v) is 16.7. The van der Waals surface area contributed by atoms with Crippen molar-refractivity contribution in [1.29, 1.82) is 0 Å². The van der Waals surface area contributed by atoms with Gasteiger partial charge in [0, 0.05) is 19.4 Å². The molecule has 362 valence electrons. The molecule has 0 heterocycles. The number of ether oxygens (including phenoxy) is 3. The minimum absolute atomic E-state index is 0.0394. The van der Waals surface area contributed by atoms with Crippen LogP contribution in [0.15, 0.2) is 122 Å². The van der Waals surface area contributed by atoms with E-state index in [-0.39, 0.29) is 25.2 Å². The average Bonchev–Trinajstić information content (AvgIpc) is 3.30. The smallest absolute Gasteiger partial charge is 0.306 e. The highest BCUT2D eigenvalue weighted by molar-refractivity contribution is 5.70. The van der Waals surface area contributed by atoms with Crippen LogP contribution in [0, 0.1) is 0 Å². The lowest BCUT2D eigenvalue weighted by molar-refractivity contribution is -0.163. The second-order valence-electron chi connectivity index (χ2n) is 16.7. The fraction of sp³-hybridized carbons (Fsp3) is 0.627. The lowest BCUT2D eigenvalue weighted by atomic mass is 10.1. The molecule has 0 fully saturated rings. The number of allylic oxidation sites excluding steroid dienone is 20. The summed E-state index contributed by atoms with van der Waals surface area (Å²) in [5, 5.41) is 0. The third kappa shape index (κ3) is 50.9. The van der Waals surface area contributed by atoms with E-state index >= 15 is 0 Å². The Morgan fingerprint density at radius 2 is 0.719 bits per heavy atom. The zero-order valence-electron chi connectivity index (χ0n) is 41.5. The second kappa shape index (κ2) is 53.6. The van der Waals surface area contributed by atoms with E-state index < -0.39 is 6.10 Å². The number of rotatable bonds is 46. The highest BCUT2D eigenvalue weighted by Gasteiger charge is 2.17. The Kier molecular flexibility index (Phi) is 50.5. The number of carbonyl (C=O) groups is 2. The van der Waals surface area contributed by atoms with Crippen LogP contribution in [0.4, 0.5) is 0 Å². The zero-order chi connectivity index (χ0) is 46.3. The van der Waals surface area contributed by atoms with Gasteiger partial charge in [-0.25, -0.2) is 0 Å². The first-order valence-electron chi connectivity index (χ1n) is 26.1. The summed E-state index contributed by atoms with van der Waals surface area (Å²) in [4.78, 5) is 25.4. The van der Waals surface area contributed by atoms with Crippen LogP contribution in [-0.4, -0.2) is 37.9 Å². The van der Waals surface area contributed by atoms with Crippen LogP contribution in [0.25, 0.3) is 0 Å². The number of carbonyl (C=O) groups excluding carboxylic acids is 2. The van der Waals surface area contributed by atoms with Gasteiger partial charge in [0.05, 0.1) is 6.61 Å². The lowest BCUT2D eigenvalue weighted by Gasteiger charge is -2.18. The number of unbranched alkanes of at least 4 members (excludes halogenated alkanes) is 15. The normalized spacial score (nSPS) is 13.2. The first kappa shape index (κ1) is 60.3. The topological polar surface area (TPSA) is 61.8 Å². The van der Waals surface area contributed by atoms with Gasteiger partial charge in [0.2, 0.25) is 0 Å². The summed E-state index contributed by atoms with van der Waals surface area (Å²) in [7, 11) is 0. The maximum atomic E-state index is 12.8. The minimum atomic E-state index is -0.578. The Balaban J connectivity index is 4.40. The summed E-state index contributed by atoms with van der Waals surface area (Å²) in [5.74, 6) is -0.486.